The van der Waals surface area contributed by atoms with E-state index >= 15 is 0 Å². The molecule has 0 heterocycles. The van der Waals surface area contributed by atoms with Gasteiger partial charge in [0.05, 0.1) is 0 Å². The summed E-state index contributed by atoms with van der Waals surface area (Å²) in [6.07, 6.45) is 6.55. The van der Waals surface area contributed by atoms with E-state index in [0.717, 1.165) is 25.8 Å². The third-order valence-electron chi connectivity index (χ3n) is 3.15. The first kappa shape index (κ1) is 16.4. The van der Waals surface area contributed by atoms with Crippen molar-refractivity contribution in [3.63, 3.8) is 0 Å². The lowest BCUT2D eigenvalue weighted by Crippen LogP contribution is -2.50. The Labute approximate surface area is 106 Å². The topological polar surface area (TPSA) is 49.3 Å². The highest BCUT2D eigenvalue weighted by Crippen LogP contribution is 2.16. The molecule has 17 heavy (non-hydrogen) atoms. The molecule has 0 fully saturated rings. The average Bonchev–Trinajstić information content (AvgIpc) is 2.26. The number of carbonyl (C=O) groups is 1. The minimum Gasteiger partial charge on any atom is -0.480 e. The number of carboxylic acids is 1. The zero-order valence-corrected chi connectivity index (χ0v) is 11.9. The van der Waals surface area contributed by atoms with Crippen LogP contribution < -0.4 is 5.32 Å². The Morgan fingerprint density at radius 3 is 2.29 bits per heavy atom. The Morgan fingerprint density at radius 2 is 1.82 bits per heavy atom. The van der Waals surface area contributed by atoms with Gasteiger partial charge in [-0.15, -0.1) is 0 Å². The van der Waals surface area contributed by atoms with Crippen molar-refractivity contribution in [2.75, 3.05) is 6.54 Å². The van der Waals surface area contributed by atoms with E-state index in [-0.39, 0.29) is 0 Å². The van der Waals surface area contributed by atoms with Gasteiger partial charge in [-0.1, -0.05) is 52.9 Å². The number of hydrogen-bond acceptors (Lipinski definition) is 2. The summed E-state index contributed by atoms with van der Waals surface area (Å²) in [5.41, 5.74) is -0.753. The van der Waals surface area contributed by atoms with Crippen molar-refractivity contribution in [3.05, 3.63) is 0 Å². The monoisotopic (exact) mass is 243 g/mol. The number of rotatable bonds is 10. The standard InChI is InChI=1S/C14H29NO2/c1-5-6-7-8-9-10-14(4,13(16)17)15-11-12(2)3/h12,15H,5-11H2,1-4H3,(H,16,17). The quantitative estimate of drug-likeness (QED) is 0.578. The maximum atomic E-state index is 11.3. The van der Waals surface area contributed by atoms with Crippen LogP contribution in [0.1, 0.15) is 66.2 Å². The predicted octanol–water partition coefficient (Wildman–Crippen LogP) is 3.44. The summed E-state index contributed by atoms with van der Waals surface area (Å²) >= 11 is 0. The molecule has 0 bridgehead atoms. The van der Waals surface area contributed by atoms with E-state index in [1.165, 1.54) is 19.3 Å². The van der Waals surface area contributed by atoms with Gasteiger partial charge in [0.2, 0.25) is 0 Å². The molecule has 0 spiro atoms. The molecule has 0 aromatic carbocycles. The lowest BCUT2D eigenvalue weighted by molar-refractivity contribution is -0.144. The lowest BCUT2D eigenvalue weighted by Gasteiger charge is -2.27. The molecule has 0 saturated carbocycles. The molecule has 0 aliphatic carbocycles. The van der Waals surface area contributed by atoms with Crippen LogP contribution in [0.2, 0.25) is 0 Å². The molecule has 3 heteroatoms. The van der Waals surface area contributed by atoms with E-state index in [1.54, 1.807) is 6.92 Å². The van der Waals surface area contributed by atoms with Crippen LogP contribution in [0, 0.1) is 5.92 Å². The number of unbranched alkanes of at least 4 members (excludes halogenated alkanes) is 4. The SMILES string of the molecule is CCCCCCCC(C)(NCC(C)C)C(=O)O. The molecule has 0 aromatic rings. The molecule has 0 aliphatic rings. The van der Waals surface area contributed by atoms with Crippen molar-refractivity contribution in [1.82, 2.24) is 5.32 Å². The molecule has 0 rings (SSSR count). The van der Waals surface area contributed by atoms with E-state index in [1.807, 2.05) is 0 Å². The molecular formula is C14H29NO2. The number of aliphatic carboxylic acids is 1. The fraction of sp³-hybridized carbons (Fsp3) is 0.929. The van der Waals surface area contributed by atoms with Crippen molar-refractivity contribution >= 4 is 5.97 Å². The second-order valence-corrected chi connectivity index (χ2v) is 5.58. The van der Waals surface area contributed by atoms with Crippen molar-refractivity contribution in [2.24, 2.45) is 5.92 Å². The summed E-state index contributed by atoms with van der Waals surface area (Å²) in [6.45, 7) is 8.94. The summed E-state index contributed by atoms with van der Waals surface area (Å²) in [7, 11) is 0. The van der Waals surface area contributed by atoms with Gasteiger partial charge in [0, 0.05) is 0 Å². The van der Waals surface area contributed by atoms with Crippen LogP contribution in [0.4, 0.5) is 0 Å². The zero-order valence-electron chi connectivity index (χ0n) is 11.9. The Morgan fingerprint density at radius 1 is 1.24 bits per heavy atom. The van der Waals surface area contributed by atoms with Gasteiger partial charge >= 0.3 is 5.97 Å². The summed E-state index contributed by atoms with van der Waals surface area (Å²) in [5.74, 6) is -0.248. The molecule has 0 saturated heterocycles. The lowest BCUT2D eigenvalue weighted by atomic mass is 9.93. The fourth-order valence-corrected chi connectivity index (χ4v) is 1.78. The number of nitrogens with one attached hydrogen (secondary N) is 1. The first-order valence-electron chi connectivity index (χ1n) is 6.90. The molecule has 1 atom stereocenters. The zero-order chi connectivity index (χ0) is 13.3. The molecule has 0 radical (unpaired) electrons. The average molecular weight is 243 g/mol. The third-order valence-corrected chi connectivity index (χ3v) is 3.15. The Kier molecular flexibility index (Phi) is 8.23. The van der Waals surface area contributed by atoms with E-state index < -0.39 is 11.5 Å². The maximum Gasteiger partial charge on any atom is 0.323 e. The highest BCUT2D eigenvalue weighted by atomic mass is 16.4. The highest BCUT2D eigenvalue weighted by molar-refractivity contribution is 5.78. The molecule has 1 unspecified atom stereocenters. The largest absolute Gasteiger partial charge is 0.480 e. The van der Waals surface area contributed by atoms with Gasteiger partial charge in [-0.3, -0.25) is 4.79 Å². The van der Waals surface area contributed by atoms with Crippen LogP contribution in [0.5, 0.6) is 0 Å². The Hall–Kier alpha value is -0.570. The van der Waals surface area contributed by atoms with Crippen molar-refractivity contribution < 1.29 is 9.90 Å². The predicted molar refractivity (Wildman–Crippen MR) is 72.3 cm³/mol. The summed E-state index contributed by atoms with van der Waals surface area (Å²) < 4.78 is 0. The smallest absolute Gasteiger partial charge is 0.323 e. The van der Waals surface area contributed by atoms with Gasteiger partial charge in [-0.25, -0.2) is 0 Å². The molecule has 0 aromatic heterocycles. The normalized spacial score (nSPS) is 14.9. The van der Waals surface area contributed by atoms with E-state index in [9.17, 15) is 9.90 Å². The molecular weight excluding hydrogens is 214 g/mol. The van der Waals surface area contributed by atoms with Gasteiger partial charge in [0.15, 0.2) is 0 Å². The number of carboxylic acid groups (broad SMARTS) is 1. The molecule has 3 nitrogen and oxygen atoms in total. The van der Waals surface area contributed by atoms with Crippen LogP contribution in [0.15, 0.2) is 0 Å². The maximum absolute atomic E-state index is 11.3. The van der Waals surface area contributed by atoms with Crippen LogP contribution >= 0.6 is 0 Å². The Balaban J connectivity index is 3.99. The highest BCUT2D eigenvalue weighted by Gasteiger charge is 2.31. The molecule has 0 aliphatic heterocycles. The second kappa shape index (κ2) is 8.51. The summed E-state index contributed by atoms with van der Waals surface area (Å²) in [6, 6.07) is 0. The first-order chi connectivity index (χ1) is 7.92. The number of hydrogen-bond donors (Lipinski definition) is 2. The van der Waals surface area contributed by atoms with Gasteiger partial charge in [-0.05, 0) is 25.8 Å². The minimum atomic E-state index is -0.753. The van der Waals surface area contributed by atoms with Gasteiger partial charge in [0.1, 0.15) is 5.54 Å². The minimum absolute atomic E-state index is 0.480. The van der Waals surface area contributed by atoms with Gasteiger partial charge in [-0.2, -0.15) is 0 Å². The van der Waals surface area contributed by atoms with Crippen molar-refractivity contribution in [2.45, 2.75) is 71.8 Å². The van der Waals surface area contributed by atoms with E-state index in [0.29, 0.717) is 5.92 Å². The van der Waals surface area contributed by atoms with E-state index in [4.69, 9.17) is 0 Å². The van der Waals surface area contributed by atoms with Crippen LogP contribution in [0.3, 0.4) is 0 Å². The summed E-state index contributed by atoms with van der Waals surface area (Å²) in [5, 5.41) is 12.5. The van der Waals surface area contributed by atoms with E-state index in [2.05, 4.69) is 26.1 Å². The third kappa shape index (κ3) is 7.37. The molecule has 2 N–H and O–H groups in total. The van der Waals surface area contributed by atoms with Crippen LogP contribution in [-0.4, -0.2) is 23.2 Å². The van der Waals surface area contributed by atoms with Gasteiger partial charge in [0.25, 0.3) is 0 Å². The van der Waals surface area contributed by atoms with Crippen LogP contribution in [0.25, 0.3) is 0 Å². The van der Waals surface area contributed by atoms with Crippen molar-refractivity contribution in [3.8, 4) is 0 Å². The second-order valence-electron chi connectivity index (χ2n) is 5.58. The first-order valence-corrected chi connectivity index (χ1v) is 6.90. The molecule has 102 valence electrons. The van der Waals surface area contributed by atoms with Gasteiger partial charge < -0.3 is 10.4 Å². The summed E-state index contributed by atoms with van der Waals surface area (Å²) in [4.78, 5) is 11.3. The molecule has 0 amide bonds. The fourth-order valence-electron chi connectivity index (χ4n) is 1.78. The Bertz CT molecular complexity index is 216. The van der Waals surface area contributed by atoms with Crippen LogP contribution in [-0.2, 0) is 4.79 Å². The van der Waals surface area contributed by atoms with Crippen molar-refractivity contribution in [1.29, 1.82) is 0 Å².